The van der Waals surface area contributed by atoms with Gasteiger partial charge in [-0.25, -0.2) is 4.39 Å². The van der Waals surface area contributed by atoms with Crippen molar-refractivity contribution in [2.24, 2.45) is 0 Å². The van der Waals surface area contributed by atoms with Crippen LogP contribution in [0.4, 0.5) is 4.39 Å². The summed E-state index contributed by atoms with van der Waals surface area (Å²) < 4.78 is 38.1. The van der Waals surface area contributed by atoms with E-state index in [2.05, 4.69) is 5.32 Å². The van der Waals surface area contributed by atoms with E-state index >= 15 is 4.39 Å². The van der Waals surface area contributed by atoms with Gasteiger partial charge in [-0.2, -0.15) is 0 Å². The maximum absolute atomic E-state index is 15.3. The third kappa shape index (κ3) is 5.49. The lowest BCUT2D eigenvalue weighted by Crippen LogP contribution is -2.07. The number of carbonyl (C=O) groups excluding carboxylic acids is 1. The van der Waals surface area contributed by atoms with Crippen molar-refractivity contribution < 1.29 is 38.0 Å². The van der Waals surface area contributed by atoms with Crippen LogP contribution >= 0.6 is 11.3 Å². The Morgan fingerprint density at radius 1 is 0.971 bits per heavy atom. The number of ether oxygens (including phenoxy) is 4. The fourth-order valence-corrected chi connectivity index (χ4v) is 4.91. The monoisotopic (exact) mass is 503 g/mol. The highest BCUT2D eigenvalue weighted by Crippen LogP contribution is 2.40. The number of carboxylic acids is 1. The zero-order chi connectivity index (χ0) is 24.9. The van der Waals surface area contributed by atoms with E-state index < -0.39 is 11.8 Å². The molecular formula is C25H26FNO7S. The van der Waals surface area contributed by atoms with Crippen molar-refractivity contribution in [2.45, 2.75) is 32.4 Å². The second-order valence-electron chi connectivity index (χ2n) is 7.99. The molecule has 1 aliphatic heterocycles. The Kier molecular flexibility index (Phi) is 7.72. The number of nitrogens with one attached hydrogen (secondary N) is 1. The van der Waals surface area contributed by atoms with Crippen LogP contribution in [0, 0.1) is 5.82 Å². The quantitative estimate of drug-likeness (QED) is 0.274. The van der Waals surface area contributed by atoms with E-state index in [1.54, 1.807) is 13.2 Å². The second kappa shape index (κ2) is 10.9. The number of rotatable bonds is 12. The maximum Gasteiger partial charge on any atom is 0.303 e. The van der Waals surface area contributed by atoms with Crippen molar-refractivity contribution >= 4 is 33.2 Å². The number of hydrogen-bond donors (Lipinski definition) is 2. The Morgan fingerprint density at radius 2 is 1.66 bits per heavy atom. The molecule has 0 atom stereocenters. The largest absolute Gasteiger partial charge is 0.493 e. The van der Waals surface area contributed by atoms with Gasteiger partial charge in [0.25, 0.3) is 0 Å². The average Bonchev–Trinajstić information content (AvgIpc) is 3.49. The number of thiophene rings is 1. The van der Waals surface area contributed by atoms with Crippen molar-refractivity contribution in [1.29, 1.82) is 0 Å². The lowest BCUT2D eigenvalue weighted by atomic mass is 10.1. The number of methoxy groups -OCH3 is 2. The molecule has 3 aromatic rings. The van der Waals surface area contributed by atoms with Crippen LogP contribution in [0.3, 0.4) is 0 Å². The van der Waals surface area contributed by atoms with Crippen LogP contribution in [0.25, 0.3) is 10.1 Å². The maximum atomic E-state index is 15.3. The minimum absolute atomic E-state index is 0.0384. The Hall–Kier alpha value is -3.37. The summed E-state index contributed by atoms with van der Waals surface area (Å²) in [5.41, 5.74) is 2.37. The molecule has 0 spiro atoms. The van der Waals surface area contributed by atoms with E-state index in [1.807, 2.05) is 12.1 Å². The second-order valence-corrected chi connectivity index (χ2v) is 9.07. The van der Waals surface area contributed by atoms with Gasteiger partial charge in [-0.05, 0) is 29.3 Å². The van der Waals surface area contributed by atoms with E-state index in [-0.39, 0.29) is 42.1 Å². The van der Waals surface area contributed by atoms with Gasteiger partial charge in [-0.3, -0.25) is 9.59 Å². The van der Waals surface area contributed by atoms with E-state index in [4.69, 9.17) is 24.1 Å². The lowest BCUT2D eigenvalue weighted by Gasteiger charge is -2.14. The van der Waals surface area contributed by atoms with Gasteiger partial charge < -0.3 is 29.4 Å². The molecule has 0 saturated heterocycles. The molecule has 0 saturated carbocycles. The number of carboxylic acid groups (broad SMARTS) is 1. The summed E-state index contributed by atoms with van der Waals surface area (Å²) in [7, 11) is 3.01. The first-order valence-corrected chi connectivity index (χ1v) is 11.9. The molecule has 0 bridgehead atoms. The molecule has 10 heteroatoms. The first-order chi connectivity index (χ1) is 16.9. The van der Waals surface area contributed by atoms with Crippen LogP contribution in [-0.4, -0.2) is 44.3 Å². The average molecular weight is 504 g/mol. The SMILES string of the molecule is COc1cc2c(cc1OCCCOc1c(OC)cc3sc(C(=O)CCC(=O)O)cc3c1F)CNC2. The van der Waals surface area contributed by atoms with Crippen molar-refractivity contribution in [1.82, 2.24) is 5.32 Å². The molecule has 1 aromatic heterocycles. The number of halogens is 1. The highest BCUT2D eigenvalue weighted by atomic mass is 32.1. The van der Waals surface area contributed by atoms with Gasteiger partial charge >= 0.3 is 5.97 Å². The molecule has 0 amide bonds. The molecule has 186 valence electrons. The third-order valence-electron chi connectivity index (χ3n) is 5.65. The van der Waals surface area contributed by atoms with Crippen molar-refractivity contribution in [3.8, 4) is 23.0 Å². The molecule has 0 aliphatic carbocycles. The fraction of sp³-hybridized carbons (Fsp3) is 0.360. The molecule has 4 rings (SSSR count). The lowest BCUT2D eigenvalue weighted by molar-refractivity contribution is -0.136. The summed E-state index contributed by atoms with van der Waals surface area (Å²) in [6.45, 7) is 2.12. The topological polar surface area (TPSA) is 103 Å². The van der Waals surface area contributed by atoms with Crippen LogP contribution in [0.1, 0.15) is 40.1 Å². The highest BCUT2D eigenvalue weighted by molar-refractivity contribution is 7.20. The normalized spacial score (nSPS) is 12.4. The predicted octanol–water partition coefficient (Wildman–Crippen LogP) is 4.56. The zero-order valence-electron chi connectivity index (χ0n) is 19.4. The van der Waals surface area contributed by atoms with Crippen LogP contribution in [0.5, 0.6) is 23.0 Å². The Morgan fingerprint density at radius 3 is 2.34 bits per heavy atom. The minimum Gasteiger partial charge on any atom is -0.493 e. The highest BCUT2D eigenvalue weighted by Gasteiger charge is 2.21. The summed E-state index contributed by atoms with van der Waals surface area (Å²) in [4.78, 5) is 23.3. The molecule has 2 N–H and O–H groups in total. The van der Waals surface area contributed by atoms with E-state index in [9.17, 15) is 9.59 Å². The molecule has 2 aromatic carbocycles. The number of ketones is 1. The van der Waals surface area contributed by atoms with Gasteiger partial charge in [0.05, 0.1) is 38.7 Å². The third-order valence-corrected chi connectivity index (χ3v) is 6.78. The molecular weight excluding hydrogens is 477 g/mol. The van der Waals surface area contributed by atoms with Crippen LogP contribution in [-0.2, 0) is 17.9 Å². The summed E-state index contributed by atoms with van der Waals surface area (Å²) in [5.74, 6) is -0.528. The number of fused-ring (bicyclic) bond motifs is 2. The van der Waals surface area contributed by atoms with Crippen molar-refractivity contribution in [3.63, 3.8) is 0 Å². The first kappa shape index (κ1) is 24.7. The van der Waals surface area contributed by atoms with Gasteiger partial charge in [0.2, 0.25) is 0 Å². The molecule has 2 heterocycles. The smallest absolute Gasteiger partial charge is 0.303 e. The summed E-state index contributed by atoms with van der Waals surface area (Å²) in [6.07, 6.45) is 0.0704. The Balaban J connectivity index is 1.40. The summed E-state index contributed by atoms with van der Waals surface area (Å²) >= 11 is 1.10. The molecule has 0 unspecified atom stereocenters. The van der Waals surface area contributed by atoms with Gasteiger partial charge in [0.15, 0.2) is 34.6 Å². The van der Waals surface area contributed by atoms with E-state index in [0.29, 0.717) is 34.1 Å². The molecule has 8 nitrogen and oxygen atoms in total. The number of benzene rings is 2. The van der Waals surface area contributed by atoms with Gasteiger partial charge in [0, 0.05) is 42.1 Å². The van der Waals surface area contributed by atoms with E-state index in [1.165, 1.54) is 24.3 Å². The zero-order valence-corrected chi connectivity index (χ0v) is 20.3. The fourth-order valence-electron chi connectivity index (χ4n) is 3.86. The number of aliphatic carboxylic acids is 1. The van der Waals surface area contributed by atoms with Gasteiger partial charge in [-0.1, -0.05) is 0 Å². The van der Waals surface area contributed by atoms with Gasteiger partial charge in [0.1, 0.15) is 0 Å². The van der Waals surface area contributed by atoms with Crippen molar-refractivity contribution in [3.05, 3.63) is 46.1 Å². The number of Topliss-reactive ketones (excluding diaryl/α,β-unsaturated/α-hetero) is 1. The summed E-state index contributed by atoms with van der Waals surface area (Å²) in [5, 5.41) is 12.3. The van der Waals surface area contributed by atoms with Crippen molar-refractivity contribution in [2.75, 3.05) is 27.4 Å². The first-order valence-electron chi connectivity index (χ1n) is 11.1. The minimum atomic E-state index is -1.06. The van der Waals surface area contributed by atoms with Crippen LogP contribution < -0.4 is 24.3 Å². The standard InChI is InChI=1S/C25H26FNO7S/c1-31-18-8-14-12-27-13-15(14)9-19(18)33-6-3-7-34-25-20(32-2)11-21-16(24(25)26)10-22(35-21)17(28)4-5-23(29)30/h8-11,27H,3-7,12-13H2,1-2H3,(H,29,30). The Labute approximate surface area is 205 Å². The number of hydrogen-bond acceptors (Lipinski definition) is 8. The predicted molar refractivity (Wildman–Crippen MR) is 129 cm³/mol. The summed E-state index contributed by atoms with van der Waals surface area (Å²) in [6, 6.07) is 6.99. The Bertz CT molecular complexity index is 1260. The molecule has 0 radical (unpaired) electrons. The van der Waals surface area contributed by atoms with Crippen LogP contribution in [0.15, 0.2) is 24.3 Å². The number of carbonyl (C=O) groups is 2. The van der Waals surface area contributed by atoms with E-state index in [0.717, 1.165) is 24.4 Å². The van der Waals surface area contributed by atoms with Crippen LogP contribution in [0.2, 0.25) is 0 Å². The molecule has 35 heavy (non-hydrogen) atoms. The molecule has 1 aliphatic rings. The molecule has 0 fully saturated rings. The van der Waals surface area contributed by atoms with Gasteiger partial charge in [-0.15, -0.1) is 11.3 Å².